The van der Waals surface area contributed by atoms with Crippen molar-refractivity contribution >= 4 is 28.8 Å². The van der Waals surface area contributed by atoms with Crippen LogP contribution < -0.4 is 5.56 Å². The van der Waals surface area contributed by atoms with Gasteiger partial charge in [-0.05, 0) is 80.5 Å². The van der Waals surface area contributed by atoms with Gasteiger partial charge in [-0.25, -0.2) is 4.79 Å². The Hall–Kier alpha value is -3.45. The first-order chi connectivity index (χ1) is 17.1. The van der Waals surface area contributed by atoms with Gasteiger partial charge in [-0.1, -0.05) is 18.2 Å². The van der Waals surface area contributed by atoms with Crippen molar-refractivity contribution in [1.82, 2.24) is 14.0 Å². The van der Waals surface area contributed by atoms with E-state index in [4.69, 9.17) is 4.74 Å². The first-order valence-corrected chi connectivity index (χ1v) is 13.3. The first kappa shape index (κ1) is 24.3. The smallest absolute Gasteiger partial charge is 0.410 e. The number of thioether (sulfide) groups is 1. The molecule has 5 rings (SSSR count). The molecule has 186 valence electrons. The van der Waals surface area contributed by atoms with Gasteiger partial charge in [-0.3, -0.25) is 9.36 Å². The van der Waals surface area contributed by atoms with E-state index in [2.05, 4.69) is 28.8 Å². The molecule has 36 heavy (non-hydrogen) atoms. The second kappa shape index (κ2) is 9.21. The number of nitrogens with zero attached hydrogens (tertiary/aromatic N) is 3. The molecule has 0 unspecified atom stereocenters. The fourth-order valence-electron chi connectivity index (χ4n) is 4.83. The number of hydrogen-bond donors (Lipinski definition) is 0. The van der Waals surface area contributed by atoms with Gasteiger partial charge < -0.3 is 14.2 Å². The van der Waals surface area contributed by atoms with Crippen molar-refractivity contribution in [3.63, 3.8) is 0 Å². The number of ether oxygens (including phenoxy) is 1. The maximum Gasteiger partial charge on any atom is 0.410 e. The van der Waals surface area contributed by atoms with Crippen molar-refractivity contribution in [1.29, 1.82) is 0 Å². The maximum atomic E-state index is 13.1. The Labute approximate surface area is 215 Å². The van der Waals surface area contributed by atoms with Crippen LogP contribution in [0.2, 0.25) is 0 Å². The van der Waals surface area contributed by atoms with Crippen LogP contribution in [-0.4, -0.2) is 38.5 Å². The monoisotopic (exact) mass is 501 g/mol. The highest BCUT2D eigenvalue weighted by atomic mass is 32.2. The lowest BCUT2D eigenvalue weighted by Crippen LogP contribution is -2.40. The van der Waals surface area contributed by atoms with Gasteiger partial charge in [0.15, 0.2) is 0 Å². The molecule has 3 heterocycles. The van der Waals surface area contributed by atoms with Gasteiger partial charge in [0, 0.05) is 41.8 Å². The van der Waals surface area contributed by atoms with Crippen molar-refractivity contribution in [2.75, 3.05) is 12.8 Å². The molecule has 0 N–H and O–H groups in total. The van der Waals surface area contributed by atoms with Crippen LogP contribution in [-0.2, 0) is 24.8 Å². The van der Waals surface area contributed by atoms with Crippen LogP contribution in [0.4, 0.5) is 4.79 Å². The third-order valence-electron chi connectivity index (χ3n) is 6.67. The van der Waals surface area contributed by atoms with E-state index in [0.717, 1.165) is 34.4 Å². The standard InChI is InChI=1S/C29H31N3O3S/c1-29(2,3)35-28(34)31-14-13-24-23-11-8-21(17-25(23)30(4)26(24)18-31)32-15-12-20(16-27(32)33)19-6-9-22(36-5)10-7-19/h6-12,15-17H,13-14,18H2,1-5H3. The Morgan fingerprint density at radius 3 is 2.42 bits per heavy atom. The van der Waals surface area contributed by atoms with Crippen LogP contribution in [0.25, 0.3) is 27.7 Å². The van der Waals surface area contributed by atoms with Crippen molar-refractivity contribution in [3.05, 3.63) is 82.4 Å². The second-order valence-electron chi connectivity index (χ2n) is 10.2. The molecule has 2 aromatic carbocycles. The molecule has 0 radical (unpaired) electrons. The molecule has 0 atom stereocenters. The molecule has 0 saturated carbocycles. The Bertz CT molecular complexity index is 1510. The summed E-state index contributed by atoms with van der Waals surface area (Å²) in [6.07, 6.45) is 4.38. The zero-order chi connectivity index (χ0) is 25.6. The highest BCUT2D eigenvalue weighted by Crippen LogP contribution is 2.32. The molecule has 0 bridgehead atoms. The van der Waals surface area contributed by atoms with Crippen molar-refractivity contribution in [3.8, 4) is 16.8 Å². The minimum Gasteiger partial charge on any atom is -0.444 e. The summed E-state index contributed by atoms with van der Waals surface area (Å²) in [6, 6.07) is 18.0. The van der Waals surface area contributed by atoms with E-state index in [-0.39, 0.29) is 11.7 Å². The van der Waals surface area contributed by atoms with E-state index < -0.39 is 5.60 Å². The molecule has 2 aromatic heterocycles. The minimum absolute atomic E-state index is 0.0733. The quantitative estimate of drug-likeness (QED) is 0.323. The number of fused-ring (bicyclic) bond motifs is 3. The van der Waals surface area contributed by atoms with Gasteiger partial charge in [-0.2, -0.15) is 0 Å². The number of hydrogen-bond acceptors (Lipinski definition) is 4. The van der Waals surface area contributed by atoms with Crippen LogP contribution in [0, 0.1) is 0 Å². The van der Waals surface area contributed by atoms with Crippen molar-refractivity contribution in [2.45, 2.75) is 44.2 Å². The largest absolute Gasteiger partial charge is 0.444 e. The van der Waals surface area contributed by atoms with Gasteiger partial charge in [0.25, 0.3) is 5.56 Å². The lowest BCUT2D eigenvalue weighted by molar-refractivity contribution is 0.0220. The Morgan fingerprint density at radius 2 is 1.75 bits per heavy atom. The van der Waals surface area contributed by atoms with E-state index >= 15 is 0 Å². The summed E-state index contributed by atoms with van der Waals surface area (Å²) >= 11 is 1.70. The molecule has 4 aromatic rings. The zero-order valence-electron chi connectivity index (χ0n) is 21.4. The number of benzene rings is 2. The summed E-state index contributed by atoms with van der Waals surface area (Å²) < 4.78 is 9.40. The van der Waals surface area contributed by atoms with E-state index in [1.807, 2.05) is 64.5 Å². The molecular formula is C29H31N3O3S. The number of pyridine rings is 1. The summed E-state index contributed by atoms with van der Waals surface area (Å²) in [5.41, 5.74) is 5.57. The first-order valence-electron chi connectivity index (χ1n) is 12.1. The van der Waals surface area contributed by atoms with Crippen LogP contribution in [0.1, 0.15) is 32.0 Å². The predicted octanol–water partition coefficient (Wildman–Crippen LogP) is 6.01. The van der Waals surface area contributed by atoms with Gasteiger partial charge >= 0.3 is 6.09 Å². The molecule has 0 fully saturated rings. The third kappa shape index (κ3) is 4.55. The van der Waals surface area contributed by atoms with E-state index in [1.165, 1.54) is 15.8 Å². The van der Waals surface area contributed by atoms with E-state index in [9.17, 15) is 9.59 Å². The summed E-state index contributed by atoms with van der Waals surface area (Å²) in [5, 5.41) is 1.17. The Balaban J connectivity index is 1.46. The number of carbonyl (C=O) groups is 1. The Morgan fingerprint density at radius 1 is 1.00 bits per heavy atom. The number of aromatic nitrogens is 2. The lowest BCUT2D eigenvalue weighted by Gasteiger charge is -2.30. The fourth-order valence-corrected chi connectivity index (χ4v) is 5.24. The molecule has 0 saturated heterocycles. The second-order valence-corrected chi connectivity index (χ2v) is 11.1. The minimum atomic E-state index is -0.522. The summed E-state index contributed by atoms with van der Waals surface area (Å²) in [7, 11) is 2.02. The van der Waals surface area contributed by atoms with Gasteiger partial charge in [0.05, 0.1) is 17.7 Å². The number of rotatable bonds is 3. The van der Waals surface area contributed by atoms with Gasteiger partial charge in [0.1, 0.15) is 5.60 Å². The van der Waals surface area contributed by atoms with E-state index in [1.54, 1.807) is 27.3 Å². The highest BCUT2D eigenvalue weighted by Gasteiger charge is 2.29. The molecule has 1 amide bonds. The number of carbonyl (C=O) groups excluding carboxylic acids is 1. The summed E-state index contributed by atoms with van der Waals surface area (Å²) in [5.74, 6) is 0. The predicted molar refractivity (Wildman–Crippen MR) is 146 cm³/mol. The maximum absolute atomic E-state index is 13.1. The zero-order valence-corrected chi connectivity index (χ0v) is 22.2. The molecular weight excluding hydrogens is 470 g/mol. The van der Waals surface area contributed by atoms with Crippen LogP contribution in [0.5, 0.6) is 0 Å². The van der Waals surface area contributed by atoms with Crippen molar-refractivity contribution < 1.29 is 9.53 Å². The summed E-state index contributed by atoms with van der Waals surface area (Å²) in [4.78, 5) is 28.7. The topological polar surface area (TPSA) is 56.5 Å². The SMILES string of the molecule is CSc1ccc(-c2ccn(-c3ccc4c5c(n(C)c4c3)CN(C(=O)OC(C)(C)C)CC5)c(=O)c2)cc1. The molecule has 1 aliphatic heterocycles. The highest BCUT2D eigenvalue weighted by molar-refractivity contribution is 7.98. The molecule has 6 nitrogen and oxygen atoms in total. The fraction of sp³-hybridized carbons (Fsp3) is 0.310. The normalized spacial score (nSPS) is 13.6. The van der Waals surface area contributed by atoms with Crippen molar-refractivity contribution in [2.24, 2.45) is 7.05 Å². The Kier molecular flexibility index (Phi) is 6.20. The molecule has 7 heteroatoms. The summed E-state index contributed by atoms with van der Waals surface area (Å²) in [6.45, 7) is 6.78. The molecule has 0 spiro atoms. The number of amides is 1. The average molecular weight is 502 g/mol. The lowest BCUT2D eigenvalue weighted by atomic mass is 10.0. The van der Waals surface area contributed by atoms with Gasteiger partial charge in [-0.15, -0.1) is 11.8 Å². The van der Waals surface area contributed by atoms with Crippen LogP contribution >= 0.6 is 11.8 Å². The molecule has 0 aliphatic carbocycles. The van der Waals surface area contributed by atoms with Crippen LogP contribution in [0.3, 0.4) is 0 Å². The van der Waals surface area contributed by atoms with Gasteiger partial charge in [0.2, 0.25) is 0 Å². The third-order valence-corrected chi connectivity index (χ3v) is 7.41. The van der Waals surface area contributed by atoms with E-state index in [0.29, 0.717) is 13.1 Å². The number of aryl methyl sites for hydroxylation is 1. The average Bonchev–Trinajstić information content (AvgIpc) is 3.14. The van der Waals surface area contributed by atoms with Crippen LogP contribution in [0.15, 0.2) is 70.5 Å². The molecule has 1 aliphatic rings.